The van der Waals surface area contributed by atoms with Crippen molar-refractivity contribution >= 4 is 17.0 Å². The number of thiophene rings is 1. The van der Waals surface area contributed by atoms with E-state index in [2.05, 4.69) is 26.2 Å². The first-order chi connectivity index (χ1) is 6.15. The van der Waals surface area contributed by atoms with Crippen LogP contribution < -0.4 is 5.73 Å². The third kappa shape index (κ3) is 2.73. The Morgan fingerprint density at radius 1 is 1.46 bits per heavy atom. The summed E-state index contributed by atoms with van der Waals surface area (Å²) in [7, 11) is 0. The average molecular weight is 197 g/mol. The minimum absolute atomic E-state index is 0.667. The minimum Gasteiger partial charge on any atom is -0.398 e. The zero-order chi connectivity index (χ0) is 9.84. The molecule has 0 aliphatic heterocycles. The summed E-state index contributed by atoms with van der Waals surface area (Å²) in [5, 5.41) is 2.09. The van der Waals surface area contributed by atoms with Gasteiger partial charge in [-0.25, -0.2) is 0 Å². The number of anilines is 1. The number of nitrogens with two attached hydrogens (primary N) is 1. The van der Waals surface area contributed by atoms with E-state index in [0.717, 1.165) is 11.6 Å². The van der Waals surface area contributed by atoms with E-state index in [4.69, 9.17) is 5.73 Å². The predicted molar refractivity (Wildman–Crippen MR) is 61.2 cm³/mol. The van der Waals surface area contributed by atoms with Crippen LogP contribution in [0.4, 0.5) is 5.69 Å². The number of hydrogen-bond acceptors (Lipinski definition) is 2. The summed E-state index contributed by atoms with van der Waals surface area (Å²) in [5.41, 5.74) is 6.89. The van der Waals surface area contributed by atoms with Gasteiger partial charge in [-0.15, -0.1) is 11.3 Å². The summed E-state index contributed by atoms with van der Waals surface area (Å²) in [6.45, 7) is 6.78. The van der Waals surface area contributed by atoms with Gasteiger partial charge in [-0.1, -0.05) is 20.8 Å². The first-order valence-corrected chi connectivity index (χ1v) is 5.86. The van der Waals surface area contributed by atoms with Gasteiger partial charge in [-0.05, 0) is 36.1 Å². The molecule has 0 aliphatic rings. The van der Waals surface area contributed by atoms with Crippen molar-refractivity contribution in [1.82, 2.24) is 0 Å². The van der Waals surface area contributed by atoms with Crippen molar-refractivity contribution in [3.05, 3.63) is 16.3 Å². The highest BCUT2D eigenvalue weighted by Gasteiger charge is 2.14. The molecule has 0 bridgehead atoms. The van der Waals surface area contributed by atoms with E-state index in [-0.39, 0.29) is 0 Å². The van der Waals surface area contributed by atoms with Gasteiger partial charge in [-0.3, -0.25) is 0 Å². The fraction of sp³-hybridized carbons (Fsp3) is 0.636. The lowest BCUT2D eigenvalue weighted by atomic mass is 9.93. The molecular formula is C11H19NS. The number of hydrogen-bond donors (Lipinski definition) is 1. The molecule has 13 heavy (non-hydrogen) atoms. The third-order valence-corrected chi connectivity index (χ3v) is 3.44. The molecule has 1 nitrogen and oxygen atoms in total. The molecule has 0 aromatic carbocycles. The van der Waals surface area contributed by atoms with Crippen LogP contribution in [0.3, 0.4) is 0 Å². The maximum atomic E-state index is 5.90. The van der Waals surface area contributed by atoms with Gasteiger partial charge < -0.3 is 5.73 Å². The van der Waals surface area contributed by atoms with Crippen LogP contribution >= 0.6 is 11.3 Å². The Morgan fingerprint density at radius 3 is 2.54 bits per heavy atom. The molecule has 0 spiro atoms. The fourth-order valence-corrected chi connectivity index (χ4v) is 2.71. The van der Waals surface area contributed by atoms with Crippen molar-refractivity contribution < 1.29 is 0 Å². The first-order valence-electron chi connectivity index (χ1n) is 4.98. The van der Waals surface area contributed by atoms with E-state index in [9.17, 15) is 0 Å². The van der Waals surface area contributed by atoms with Crippen molar-refractivity contribution in [2.24, 2.45) is 5.92 Å². The van der Waals surface area contributed by atoms with Crippen LogP contribution in [-0.4, -0.2) is 0 Å². The Labute approximate surface area is 85.0 Å². The van der Waals surface area contributed by atoms with Crippen LogP contribution in [0.25, 0.3) is 0 Å². The van der Waals surface area contributed by atoms with Crippen LogP contribution in [-0.2, 0) is 0 Å². The largest absolute Gasteiger partial charge is 0.398 e. The van der Waals surface area contributed by atoms with E-state index in [1.165, 1.54) is 17.7 Å². The van der Waals surface area contributed by atoms with Gasteiger partial charge in [0.15, 0.2) is 0 Å². The molecule has 0 fully saturated rings. The number of nitrogen functional groups attached to an aromatic ring is 1. The van der Waals surface area contributed by atoms with E-state index in [0.29, 0.717) is 5.92 Å². The molecule has 1 aromatic rings. The average Bonchev–Trinajstić information content (AvgIpc) is 2.47. The molecule has 0 aliphatic carbocycles. The molecule has 0 saturated carbocycles. The molecule has 74 valence electrons. The summed E-state index contributed by atoms with van der Waals surface area (Å²) in [4.78, 5) is 1.39. The standard InChI is InChI=1S/C11H19NS/c1-4-9(7-8(2)3)11-10(12)5-6-13-11/h5-6,8-9H,4,7,12H2,1-3H3/t9-/m1/s1. The molecule has 1 rings (SSSR count). The Balaban J connectivity index is 2.72. The van der Waals surface area contributed by atoms with Crippen LogP contribution in [0.1, 0.15) is 44.4 Å². The monoisotopic (exact) mass is 197 g/mol. The smallest absolute Gasteiger partial charge is 0.0458 e. The zero-order valence-electron chi connectivity index (χ0n) is 8.71. The van der Waals surface area contributed by atoms with Gasteiger partial charge in [0.05, 0.1) is 0 Å². The molecule has 0 unspecified atom stereocenters. The Morgan fingerprint density at radius 2 is 2.15 bits per heavy atom. The highest BCUT2D eigenvalue weighted by Crippen LogP contribution is 2.34. The second-order valence-corrected chi connectivity index (χ2v) is 4.92. The first kappa shape index (κ1) is 10.6. The highest BCUT2D eigenvalue weighted by atomic mass is 32.1. The number of rotatable bonds is 4. The quantitative estimate of drug-likeness (QED) is 0.779. The summed E-state index contributed by atoms with van der Waals surface area (Å²) in [5.74, 6) is 1.42. The summed E-state index contributed by atoms with van der Waals surface area (Å²) in [6.07, 6.45) is 2.45. The summed E-state index contributed by atoms with van der Waals surface area (Å²) >= 11 is 1.80. The van der Waals surface area contributed by atoms with Gasteiger partial charge >= 0.3 is 0 Å². The van der Waals surface area contributed by atoms with E-state index >= 15 is 0 Å². The SMILES string of the molecule is CC[C@H](CC(C)C)c1sccc1N. The molecule has 2 N–H and O–H groups in total. The van der Waals surface area contributed by atoms with E-state index in [1.54, 1.807) is 11.3 Å². The maximum Gasteiger partial charge on any atom is 0.0458 e. The fourth-order valence-electron chi connectivity index (χ4n) is 1.69. The lowest BCUT2D eigenvalue weighted by Gasteiger charge is -2.16. The van der Waals surface area contributed by atoms with Crippen molar-refractivity contribution in [2.75, 3.05) is 5.73 Å². The normalized spacial score (nSPS) is 13.5. The predicted octanol–water partition coefficient (Wildman–Crippen LogP) is 3.87. The molecule has 1 heterocycles. The van der Waals surface area contributed by atoms with Crippen LogP contribution in [0.2, 0.25) is 0 Å². The lowest BCUT2D eigenvalue weighted by Crippen LogP contribution is -2.02. The molecule has 0 radical (unpaired) electrons. The molecule has 2 heteroatoms. The Bertz CT molecular complexity index is 252. The van der Waals surface area contributed by atoms with Gasteiger partial charge in [0.25, 0.3) is 0 Å². The van der Waals surface area contributed by atoms with E-state index < -0.39 is 0 Å². The van der Waals surface area contributed by atoms with Crippen molar-refractivity contribution in [2.45, 2.75) is 39.5 Å². The van der Waals surface area contributed by atoms with E-state index in [1.807, 2.05) is 6.07 Å². The summed E-state index contributed by atoms with van der Waals surface area (Å²) < 4.78 is 0. The van der Waals surface area contributed by atoms with Gasteiger partial charge in [0, 0.05) is 10.6 Å². The molecule has 0 amide bonds. The van der Waals surface area contributed by atoms with Crippen molar-refractivity contribution in [3.63, 3.8) is 0 Å². The molecule has 0 saturated heterocycles. The second kappa shape index (κ2) is 4.66. The second-order valence-electron chi connectivity index (χ2n) is 3.97. The Hall–Kier alpha value is -0.500. The van der Waals surface area contributed by atoms with Crippen molar-refractivity contribution in [3.8, 4) is 0 Å². The van der Waals surface area contributed by atoms with Crippen LogP contribution in [0, 0.1) is 5.92 Å². The molecular weight excluding hydrogens is 178 g/mol. The topological polar surface area (TPSA) is 26.0 Å². The van der Waals surface area contributed by atoms with Crippen LogP contribution in [0.5, 0.6) is 0 Å². The van der Waals surface area contributed by atoms with Gasteiger partial charge in [-0.2, -0.15) is 0 Å². The summed E-state index contributed by atoms with van der Waals surface area (Å²) in [6, 6.07) is 2.02. The Kier molecular flexibility index (Phi) is 3.79. The third-order valence-electron chi connectivity index (χ3n) is 2.35. The lowest BCUT2D eigenvalue weighted by molar-refractivity contribution is 0.495. The van der Waals surface area contributed by atoms with Crippen molar-refractivity contribution in [1.29, 1.82) is 0 Å². The van der Waals surface area contributed by atoms with Gasteiger partial charge in [0.2, 0.25) is 0 Å². The maximum absolute atomic E-state index is 5.90. The zero-order valence-corrected chi connectivity index (χ0v) is 9.53. The minimum atomic E-state index is 0.667. The molecule has 1 atom stereocenters. The van der Waals surface area contributed by atoms with Gasteiger partial charge in [0.1, 0.15) is 0 Å². The van der Waals surface area contributed by atoms with Crippen LogP contribution in [0.15, 0.2) is 11.4 Å². The molecule has 1 aromatic heterocycles. The highest BCUT2D eigenvalue weighted by molar-refractivity contribution is 7.10.